The van der Waals surface area contributed by atoms with E-state index >= 15 is 0 Å². The second-order valence-electron chi connectivity index (χ2n) is 8.90. The van der Waals surface area contributed by atoms with E-state index in [4.69, 9.17) is 0 Å². The Kier molecular flexibility index (Phi) is 5.75. The number of nitrogens with zero attached hydrogens (tertiary/aromatic N) is 6. The fourth-order valence-corrected chi connectivity index (χ4v) is 5.96. The van der Waals surface area contributed by atoms with Gasteiger partial charge in [-0.3, -0.25) is 14.5 Å². The number of benzene rings is 1. The highest BCUT2D eigenvalue weighted by Crippen LogP contribution is 2.34. The van der Waals surface area contributed by atoms with Gasteiger partial charge in [0.25, 0.3) is 0 Å². The molecular weight excluding hydrogens is 424 g/mol. The Labute approximate surface area is 192 Å². The second kappa shape index (κ2) is 8.69. The van der Waals surface area contributed by atoms with Gasteiger partial charge in [-0.2, -0.15) is 0 Å². The Hall–Kier alpha value is -2.68. The normalized spacial score (nSPS) is 21.7. The topological polar surface area (TPSA) is 72.9 Å². The molecule has 0 radical (unpaired) electrons. The zero-order valence-electron chi connectivity index (χ0n) is 18.8. The van der Waals surface area contributed by atoms with E-state index in [-0.39, 0.29) is 17.9 Å². The number of aromatic nitrogens is 2. The summed E-state index contributed by atoms with van der Waals surface area (Å²) in [5.41, 5.74) is 3.89. The molecule has 0 unspecified atom stereocenters. The van der Waals surface area contributed by atoms with E-state index in [1.54, 1.807) is 4.90 Å². The molecule has 3 fully saturated rings. The van der Waals surface area contributed by atoms with Crippen LogP contribution in [-0.2, 0) is 9.59 Å². The van der Waals surface area contributed by atoms with Gasteiger partial charge >= 0.3 is 0 Å². The summed E-state index contributed by atoms with van der Waals surface area (Å²) in [7, 11) is 0. The lowest BCUT2D eigenvalue weighted by Crippen LogP contribution is -2.54. The van der Waals surface area contributed by atoms with Crippen LogP contribution in [-0.4, -0.2) is 72.2 Å². The van der Waals surface area contributed by atoms with Gasteiger partial charge in [0.1, 0.15) is 6.04 Å². The average molecular weight is 455 g/mol. The van der Waals surface area contributed by atoms with Crippen molar-refractivity contribution in [1.82, 2.24) is 15.1 Å². The molecule has 9 heteroatoms. The molecule has 0 aliphatic carbocycles. The first kappa shape index (κ1) is 21.2. The van der Waals surface area contributed by atoms with Crippen molar-refractivity contribution in [2.24, 2.45) is 0 Å². The summed E-state index contributed by atoms with van der Waals surface area (Å²) in [5.74, 6) is 0.306. The molecule has 0 spiro atoms. The van der Waals surface area contributed by atoms with Gasteiger partial charge in [-0.1, -0.05) is 23.5 Å². The highest BCUT2D eigenvalue weighted by atomic mass is 32.1. The van der Waals surface area contributed by atoms with E-state index in [1.165, 1.54) is 28.2 Å². The van der Waals surface area contributed by atoms with Gasteiger partial charge in [0.15, 0.2) is 0 Å². The number of hydrogen-bond acceptors (Lipinski definition) is 7. The van der Waals surface area contributed by atoms with Gasteiger partial charge in [-0.15, -0.1) is 10.2 Å². The van der Waals surface area contributed by atoms with Gasteiger partial charge < -0.3 is 14.7 Å². The molecule has 5 rings (SSSR count). The molecule has 2 amide bonds. The monoisotopic (exact) mass is 454 g/mol. The average Bonchev–Trinajstić information content (AvgIpc) is 3.55. The van der Waals surface area contributed by atoms with Crippen molar-refractivity contribution in [1.29, 1.82) is 0 Å². The Bertz CT molecular complexity index is 1020. The van der Waals surface area contributed by atoms with Crippen molar-refractivity contribution in [3.63, 3.8) is 0 Å². The molecule has 8 nitrogen and oxygen atoms in total. The maximum atomic E-state index is 13.4. The van der Waals surface area contributed by atoms with Crippen LogP contribution in [0, 0.1) is 13.8 Å². The van der Waals surface area contributed by atoms with Crippen molar-refractivity contribution in [3.05, 3.63) is 29.3 Å². The molecule has 3 saturated heterocycles. The van der Waals surface area contributed by atoms with E-state index in [0.29, 0.717) is 18.1 Å². The van der Waals surface area contributed by atoms with Crippen LogP contribution in [0.15, 0.2) is 18.2 Å². The number of carbonyl (C=O) groups is 2. The van der Waals surface area contributed by atoms with Crippen molar-refractivity contribution < 1.29 is 9.59 Å². The van der Waals surface area contributed by atoms with Crippen molar-refractivity contribution in [2.45, 2.75) is 45.6 Å². The third-order valence-electron chi connectivity index (χ3n) is 7.00. The van der Waals surface area contributed by atoms with Gasteiger partial charge in [0, 0.05) is 51.4 Å². The fourth-order valence-electron chi connectivity index (χ4n) is 4.99. The third kappa shape index (κ3) is 3.83. The van der Waals surface area contributed by atoms with Gasteiger partial charge in [0.2, 0.25) is 22.1 Å². The third-order valence-corrected chi connectivity index (χ3v) is 7.98. The number of aryl methyl sites for hydroxylation is 1. The van der Waals surface area contributed by atoms with Gasteiger partial charge in [-0.25, -0.2) is 0 Å². The molecule has 3 aliphatic rings. The van der Waals surface area contributed by atoms with Crippen LogP contribution in [0.1, 0.15) is 36.8 Å². The van der Waals surface area contributed by atoms with E-state index in [9.17, 15) is 9.59 Å². The Morgan fingerprint density at radius 3 is 2.53 bits per heavy atom. The second-order valence-corrected chi connectivity index (χ2v) is 9.83. The molecule has 0 bridgehead atoms. The number of carbonyl (C=O) groups excluding carboxylic acids is 2. The van der Waals surface area contributed by atoms with E-state index < -0.39 is 0 Å². The van der Waals surface area contributed by atoms with E-state index in [0.717, 1.165) is 57.1 Å². The molecule has 1 aromatic heterocycles. The van der Waals surface area contributed by atoms with Crippen LogP contribution in [0.5, 0.6) is 0 Å². The fraction of sp³-hybridized carbons (Fsp3) is 0.565. The highest BCUT2D eigenvalue weighted by Gasteiger charge is 2.37. The molecule has 32 heavy (non-hydrogen) atoms. The molecule has 0 saturated carbocycles. The maximum Gasteiger partial charge on any atom is 0.245 e. The lowest BCUT2D eigenvalue weighted by molar-refractivity contribution is -0.132. The van der Waals surface area contributed by atoms with Crippen LogP contribution in [0.3, 0.4) is 0 Å². The molecule has 2 aromatic rings. The minimum atomic E-state index is -0.183. The molecule has 0 N–H and O–H groups in total. The number of anilines is 3. The van der Waals surface area contributed by atoms with Crippen LogP contribution in [0.25, 0.3) is 0 Å². The summed E-state index contributed by atoms with van der Waals surface area (Å²) in [4.78, 5) is 33.7. The van der Waals surface area contributed by atoms with Crippen LogP contribution < -0.4 is 14.7 Å². The molecule has 3 aliphatic heterocycles. The number of piperazine rings is 1. The molecule has 1 atom stereocenters. The predicted octanol–water partition coefficient (Wildman–Crippen LogP) is 2.60. The SMILES string of the molecule is Cc1cccc(N2CCN(C(=O)[C@@H]3CCCN3c3nnc(N4CCCC4=O)s3)CC2)c1C. The lowest BCUT2D eigenvalue weighted by atomic mass is 10.1. The maximum absolute atomic E-state index is 13.4. The summed E-state index contributed by atoms with van der Waals surface area (Å²) in [6, 6.07) is 6.25. The smallest absolute Gasteiger partial charge is 0.245 e. The summed E-state index contributed by atoms with van der Waals surface area (Å²) < 4.78 is 0. The van der Waals surface area contributed by atoms with Crippen LogP contribution in [0.2, 0.25) is 0 Å². The number of amides is 2. The summed E-state index contributed by atoms with van der Waals surface area (Å²) >= 11 is 1.43. The minimum Gasteiger partial charge on any atom is -0.368 e. The Morgan fingerprint density at radius 2 is 1.78 bits per heavy atom. The Morgan fingerprint density at radius 1 is 1.00 bits per heavy atom. The zero-order valence-corrected chi connectivity index (χ0v) is 19.6. The first-order valence-electron chi connectivity index (χ1n) is 11.5. The van der Waals surface area contributed by atoms with Crippen molar-refractivity contribution in [2.75, 3.05) is 54.0 Å². The molecule has 4 heterocycles. The van der Waals surface area contributed by atoms with E-state index in [1.807, 2.05) is 4.90 Å². The lowest BCUT2D eigenvalue weighted by Gasteiger charge is -2.39. The first-order chi connectivity index (χ1) is 15.5. The van der Waals surface area contributed by atoms with Gasteiger partial charge in [-0.05, 0) is 50.3 Å². The minimum absolute atomic E-state index is 0.114. The highest BCUT2D eigenvalue weighted by molar-refractivity contribution is 7.19. The first-order valence-corrected chi connectivity index (χ1v) is 12.3. The van der Waals surface area contributed by atoms with E-state index in [2.05, 4.69) is 52.0 Å². The number of hydrogen-bond donors (Lipinski definition) is 0. The quantitative estimate of drug-likeness (QED) is 0.707. The predicted molar refractivity (Wildman–Crippen MR) is 127 cm³/mol. The number of rotatable bonds is 4. The summed E-state index contributed by atoms with van der Waals surface area (Å²) in [5, 5.41) is 10.0. The molecule has 170 valence electrons. The van der Waals surface area contributed by atoms with Crippen molar-refractivity contribution >= 4 is 39.1 Å². The van der Waals surface area contributed by atoms with Crippen molar-refractivity contribution in [3.8, 4) is 0 Å². The summed E-state index contributed by atoms with van der Waals surface area (Å²) in [6.45, 7) is 9.00. The molecule has 1 aromatic carbocycles. The largest absolute Gasteiger partial charge is 0.368 e. The van der Waals surface area contributed by atoms with Crippen LogP contribution >= 0.6 is 11.3 Å². The summed E-state index contributed by atoms with van der Waals surface area (Å²) in [6.07, 6.45) is 3.25. The van der Waals surface area contributed by atoms with Crippen LogP contribution in [0.4, 0.5) is 16.0 Å². The molecular formula is C23H30N6O2S. The Balaban J connectivity index is 1.24. The zero-order chi connectivity index (χ0) is 22.2. The van der Waals surface area contributed by atoms with Gasteiger partial charge in [0.05, 0.1) is 0 Å². The standard InChI is InChI=1S/C23H30N6O2S/c1-16-6-3-7-18(17(16)2)26-12-14-27(15-13-26)21(31)19-8-4-10-28(19)22-24-25-23(32-22)29-11-5-9-20(29)30/h3,6-7,19H,4-5,8-15H2,1-2H3/t19-/m0/s1.